The molecule has 9 heteroatoms. The maximum Gasteiger partial charge on any atom is 0.273 e. The van der Waals surface area contributed by atoms with Gasteiger partial charge in [0.1, 0.15) is 5.76 Å². The Balaban J connectivity index is 1.28. The minimum atomic E-state index is -0.206. The molecule has 0 radical (unpaired) electrons. The lowest BCUT2D eigenvalue weighted by Gasteiger charge is -2.34. The van der Waals surface area contributed by atoms with Crippen molar-refractivity contribution in [3.8, 4) is 0 Å². The van der Waals surface area contributed by atoms with Crippen LogP contribution in [0.15, 0.2) is 23.1 Å². The Morgan fingerprint density at radius 3 is 2.59 bits per heavy atom. The molecule has 1 N–H and O–H groups in total. The minimum Gasteiger partial charge on any atom is -0.445 e. The number of carbonyl (C=O) groups is 2. The van der Waals surface area contributed by atoms with Gasteiger partial charge in [-0.2, -0.15) is 0 Å². The van der Waals surface area contributed by atoms with Crippen LogP contribution in [0.4, 0.5) is 0 Å². The highest BCUT2D eigenvalue weighted by Crippen LogP contribution is 2.24. The molecule has 0 aliphatic carbocycles. The molecule has 2 aromatic heterocycles. The molecular weight excluding hydrogens is 408 g/mol. The Labute approximate surface area is 189 Å². The number of aromatic nitrogens is 3. The molecule has 2 fully saturated rings. The van der Waals surface area contributed by atoms with E-state index in [1.54, 1.807) is 13.8 Å². The highest BCUT2D eigenvalue weighted by molar-refractivity contribution is 5.93. The molecule has 4 rings (SSSR count). The summed E-state index contributed by atoms with van der Waals surface area (Å²) in [7, 11) is 2.02. The van der Waals surface area contributed by atoms with E-state index in [-0.39, 0.29) is 23.8 Å². The predicted molar refractivity (Wildman–Crippen MR) is 119 cm³/mol. The number of rotatable bonds is 5. The number of hydrogen-bond acceptors (Lipinski definition) is 6. The number of likely N-dealkylation sites (N-methyl/N-ethyl adjacent to an activating group) is 1. The first-order chi connectivity index (χ1) is 15.4. The topological polar surface area (TPSA) is 96.5 Å². The number of nitrogens with one attached hydrogen (secondary N) is 1. The van der Waals surface area contributed by atoms with Crippen LogP contribution in [0.3, 0.4) is 0 Å². The van der Waals surface area contributed by atoms with Gasteiger partial charge in [0.15, 0.2) is 11.6 Å². The third-order valence-electron chi connectivity index (χ3n) is 6.69. The van der Waals surface area contributed by atoms with E-state index in [1.165, 1.54) is 0 Å². The van der Waals surface area contributed by atoms with E-state index in [2.05, 4.69) is 24.8 Å². The molecule has 2 aliphatic heterocycles. The second kappa shape index (κ2) is 9.85. The summed E-state index contributed by atoms with van der Waals surface area (Å²) in [6.45, 7) is 7.55. The summed E-state index contributed by atoms with van der Waals surface area (Å²) in [6.07, 6.45) is 9.28. The van der Waals surface area contributed by atoms with Crippen LogP contribution in [-0.4, -0.2) is 75.4 Å². The molecule has 0 aromatic carbocycles. The zero-order valence-corrected chi connectivity index (χ0v) is 19.3. The molecular formula is C23H34N6O3. The van der Waals surface area contributed by atoms with Gasteiger partial charge >= 0.3 is 0 Å². The SMILES string of the molecule is Cc1nc(C(=O)N[C@H]2CC[C@@H](C(=O)N3CCC(Cn4ccnc4)CC3)CN(C)C2)c(C)o1. The lowest BCUT2D eigenvalue weighted by molar-refractivity contribution is -0.137. The maximum atomic E-state index is 13.2. The molecule has 2 amide bonds. The molecule has 2 aliphatic rings. The summed E-state index contributed by atoms with van der Waals surface area (Å²) in [5.41, 5.74) is 0.348. The number of aryl methyl sites for hydroxylation is 2. The van der Waals surface area contributed by atoms with Crippen molar-refractivity contribution in [2.45, 2.75) is 52.1 Å². The number of nitrogens with zero attached hydrogens (tertiary/aromatic N) is 5. The molecule has 2 aromatic rings. The summed E-state index contributed by atoms with van der Waals surface area (Å²) < 4.78 is 7.51. The van der Waals surface area contributed by atoms with Gasteiger partial charge in [0.2, 0.25) is 5.91 Å². The van der Waals surface area contributed by atoms with Crippen molar-refractivity contribution in [3.63, 3.8) is 0 Å². The van der Waals surface area contributed by atoms with Crippen LogP contribution in [0.1, 0.15) is 47.8 Å². The van der Waals surface area contributed by atoms with Crippen LogP contribution in [-0.2, 0) is 11.3 Å². The van der Waals surface area contributed by atoms with Crippen LogP contribution in [0, 0.1) is 25.7 Å². The fraction of sp³-hybridized carbons (Fsp3) is 0.652. The lowest BCUT2D eigenvalue weighted by atomic mass is 9.94. The van der Waals surface area contributed by atoms with Crippen LogP contribution in [0.25, 0.3) is 0 Å². The summed E-state index contributed by atoms with van der Waals surface area (Å²) in [5.74, 6) is 1.64. The molecule has 32 heavy (non-hydrogen) atoms. The number of carbonyl (C=O) groups excluding carboxylic acids is 2. The van der Waals surface area contributed by atoms with Crippen molar-refractivity contribution in [2.24, 2.45) is 11.8 Å². The van der Waals surface area contributed by atoms with E-state index >= 15 is 0 Å². The third-order valence-corrected chi connectivity index (χ3v) is 6.69. The van der Waals surface area contributed by atoms with Crippen LogP contribution in [0.2, 0.25) is 0 Å². The van der Waals surface area contributed by atoms with E-state index < -0.39 is 0 Å². The van der Waals surface area contributed by atoms with Gasteiger partial charge in [0, 0.05) is 58.1 Å². The second-order valence-corrected chi connectivity index (χ2v) is 9.33. The van der Waals surface area contributed by atoms with Gasteiger partial charge in [-0.1, -0.05) is 0 Å². The number of imidazole rings is 1. The van der Waals surface area contributed by atoms with Crippen molar-refractivity contribution in [1.82, 2.24) is 29.7 Å². The monoisotopic (exact) mass is 442 g/mol. The predicted octanol–water partition coefficient (Wildman–Crippen LogP) is 1.87. The van der Waals surface area contributed by atoms with E-state index in [4.69, 9.17) is 4.42 Å². The Kier molecular flexibility index (Phi) is 6.93. The first kappa shape index (κ1) is 22.5. The van der Waals surface area contributed by atoms with Gasteiger partial charge in [-0.25, -0.2) is 9.97 Å². The van der Waals surface area contributed by atoms with Crippen molar-refractivity contribution in [1.29, 1.82) is 0 Å². The average molecular weight is 443 g/mol. The van der Waals surface area contributed by atoms with Gasteiger partial charge in [-0.15, -0.1) is 0 Å². The lowest BCUT2D eigenvalue weighted by Crippen LogP contribution is -2.45. The standard InChI is InChI=1S/C23H34N6O3/c1-16-21(25-17(2)32-16)22(30)26-20-5-4-19(13-27(3)14-20)23(31)29-9-6-18(7-10-29)12-28-11-8-24-15-28/h8,11,15,18-20H,4-7,9-10,12-14H2,1-3H3,(H,26,30)/t19-,20+/m1/s1. The normalized spacial score (nSPS) is 23.2. The van der Waals surface area contributed by atoms with Gasteiger partial charge < -0.3 is 24.1 Å². The van der Waals surface area contributed by atoms with Crippen molar-refractivity contribution in [3.05, 3.63) is 36.1 Å². The van der Waals surface area contributed by atoms with Gasteiger partial charge in [-0.05, 0) is 45.6 Å². The Morgan fingerprint density at radius 1 is 1.16 bits per heavy atom. The highest BCUT2D eigenvalue weighted by atomic mass is 16.4. The smallest absolute Gasteiger partial charge is 0.273 e. The summed E-state index contributed by atoms with van der Waals surface area (Å²) in [5, 5.41) is 3.09. The highest BCUT2D eigenvalue weighted by Gasteiger charge is 2.32. The Hall–Kier alpha value is -2.68. The number of likely N-dealkylation sites (tertiary alicyclic amines) is 2. The Bertz CT molecular complexity index is 916. The summed E-state index contributed by atoms with van der Waals surface area (Å²) >= 11 is 0. The van der Waals surface area contributed by atoms with Crippen molar-refractivity contribution >= 4 is 11.8 Å². The number of amides is 2. The molecule has 174 valence electrons. The van der Waals surface area contributed by atoms with E-state index in [0.717, 1.165) is 58.4 Å². The summed E-state index contributed by atoms with van der Waals surface area (Å²) in [4.78, 5) is 38.4. The molecule has 0 saturated carbocycles. The number of oxazole rings is 1. The van der Waals surface area contributed by atoms with Crippen molar-refractivity contribution < 1.29 is 14.0 Å². The number of hydrogen-bond donors (Lipinski definition) is 1. The van der Waals surface area contributed by atoms with E-state index in [0.29, 0.717) is 23.3 Å². The first-order valence-electron chi connectivity index (χ1n) is 11.6. The third kappa shape index (κ3) is 5.38. The molecule has 2 atom stereocenters. The fourth-order valence-electron chi connectivity index (χ4n) is 5.01. The molecule has 2 saturated heterocycles. The first-order valence-corrected chi connectivity index (χ1v) is 11.6. The average Bonchev–Trinajstić information content (AvgIpc) is 3.34. The van der Waals surface area contributed by atoms with Crippen LogP contribution >= 0.6 is 0 Å². The quantitative estimate of drug-likeness (QED) is 0.759. The molecule has 9 nitrogen and oxygen atoms in total. The van der Waals surface area contributed by atoms with Crippen LogP contribution < -0.4 is 5.32 Å². The zero-order valence-electron chi connectivity index (χ0n) is 19.3. The number of piperidine rings is 1. The molecule has 4 heterocycles. The fourth-order valence-corrected chi connectivity index (χ4v) is 5.01. The maximum absolute atomic E-state index is 13.2. The molecule has 0 bridgehead atoms. The largest absolute Gasteiger partial charge is 0.445 e. The van der Waals surface area contributed by atoms with E-state index in [1.807, 2.05) is 30.7 Å². The second-order valence-electron chi connectivity index (χ2n) is 9.33. The molecule has 0 spiro atoms. The van der Waals surface area contributed by atoms with Crippen molar-refractivity contribution in [2.75, 3.05) is 33.2 Å². The Morgan fingerprint density at radius 2 is 1.94 bits per heavy atom. The summed E-state index contributed by atoms with van der Waals surface area (Å²) in [6, 6.07) is -0.0115. The zero-order chi connectivity index (χ0) is 22.7. The van der Waals surface area contributed by atoms with Gasteiger partial charge in [0.25, 0.3) is 5.91 Å². The minimum absolute atomic E-state index is 0.0115. The van der Waals surface area contributed by atoms with E-state index in [9.17, 15) is 9.59 Å². The van der Waals surface area contributed by atoms with Crippen LogP contribution in [0.5, 0.6) is 0 Å². The van der Waals surface area contributed by atoms with Gasteiger partial charge in [0.05, 0.1) is 12.2 Å². The van der Waals surface area contributed by atoms with Gasteiger partial charge in [-0.3, -0.25) is 9.59 Å². The molecule has 0 unspecified atom stereocenters.